The minimum atomic E-state index is 0. The Morgan fingerprint density at radius 1 is 0.500 bits per heavy atom. The number of hydrogen-bond acceptors (Lipinski definition) is 0. The molecule has 0 spiro atoms. The molecule has 0 saturated carbocycles. The molecule has 6 aromatic carbocycles. The lowest BCUT2D eigenvalue weighted by atomic mass is 9.89. The van der Waals surface area contributed by atoms with Gasteiger partial charge in [0.05, 0.1) is 0 Å². The quantitative estimate of drug-likeness (QED) is 0.119. The van der Waals surface area contributed by atoms with E-state index in [1.165, 1.54) is 54.9 Å². The second-order valence-corrected chi connectivity index (χ2v) is 11.9. The van der Waals surface area contributed by atoms with Crippen molar-refractivity contribution in [3.05, 3.63) is 206 Å². The van der Waals surface area contributed by atoms with Crippen molar-refractivity contribution in [1.29, 1.82) is 0 Å². The fourth-order valence-corrected chi connectivity index (χ4v) is 5.47. The van der Waals surface area contributed by atoms with Crippen molar-refractivity contribution < 1.29 is 0 Å². The van der Waals surface area contributed by atoms with E-state index < -0.39 is 0 Å². The summed E-state index contributed by atoms with van der Waals surface area (Å²) in [6.07, 6.45) is 8.03. The molecule has 0 aromatic heterocycles. The summed E-state index contributed by atoms with van der Waals surface area (Å²) in [6.45, 7) is 23.8. The highest BCUT2D eigenvalue weighted by Crippen LogP contribution is 2.37. The third kappa shape index (κ3) is 10.6. The normalized spacial score (nSPS) is 10.4. The van der Waals surface area contributed by atoms with Gasteiger partial charge in [0, 0.05) is 0 Å². The molecule has 0 atom stereocenters. The van der Waals surface area contributed by atoms with Gasteiger partial charge in [-0.2, -0.15) is 0 Å². The maximum Gasteiger partial charge on any atom is -0.00986 e. The average molecular weight is 655 g/mol. The van der Waals surface area contributed by atoms with E-state index in [0.717, 1.165) is 22.3 Å². The van der Waals surface area contributed by atoms with Gasteiger partial charge >= 0.3 is 0 Å². The number of fused-ring (bicyclic) bond motifs is 3. The first kappa shape index (κ1) is 40.5. The highest BCUT2D eigenvalue weighted by molar-refractivity contribution is 6.14. The van der Waals surface area contributed by atoms with Crippen molar-refractivity contribution in [3.63, 3.8) is 0 Å². The Balaban J connectivity index is 0.000000355. The van der Waals surface area contributed by atoms with Gasteiger partial charge in [0.25, 0.3) is 0 Å². The number of rotatable bonds is 7. The highest BCUT2D eigenvalue weighted by atomic mass is 14.2. The van der Waals surface area contributed by atoms with E-state index in [-0.39, 0.29) is 14.9 Å². The highest BCUT2D eigenvalue weighted by Gasteiger charge is 2.11. The van der Waals surface area contributed by atoms with Crippen LogP contribution in [0, 0.1) is 0 Å². The molecule has 0 fully saturated rings. The Hall–Kier alpha value is -5.72. The SMILES string of the molecule is C.C.C=C(C)c1ccccc1.C=C(C)c1ccccc1.C=C/C=C\C(=C/C)c1cc(C(=C)C)cc(-c2cc3ccccc3c3ccccc23)c1. The number of hydrogen-bond donors (Lipinski definition) is 0. The predicted molar refractivity (Wildman–Crippen MR) is 230 cm³/mol. The molecule has 0 radical (unpaired) electrons. The fraction of sp³-hybridized carbons (Fsp3) is 0.120. The molecule has 6 aromatic rings. The summed E-state index contributed by atoms with van der Waals surface area (Å²) in [5.74, 6) is 0. The standard InChI is InChI=1S/C30H26.2C9H10.2CH4/c1-5-7-12-22(6-2)25-17-24(21(3)4)18-26(19-25)30-20-23-13-8-9-14-27(23)28-15-10-11-16-29(28)30;2*1-8(2)9-6-4-3-5-7-9;;/h5-20H,1,3H2,2,4H3;2*3-7H,1H2,2H3;2*1H4/b12-7-,22-6+;;;;. The minimum absolute atomic E-state index is 0. The molecule has 0 amide bonds. The topological polar surface area (TPSA) is 0 Å². The van der Waals surface area contributed by atoms with E-state index in [1.54, 1.807) is 0 Å². The lowest BCUT2D eigenvalue weighted by Gasteiger charge is -2.15. The second kappa shape index (κ2) is 19.9. The summed E-state index contributed by atoms with van der Waals surface area (Å²) in [5.41, 5.74) is 11.7. The Morgan fingerprint density at radius 2 is 0.960 bits per heavy atom. The lowest BCUT2D eigenvalue weighted by Crippen LogP contribution is -1.91. The van der Waals surface area contributed by atoms with Gasteiger partial charge in [-0.3, -0.25) is 0 Å². The zero-order valence-electron chi connectivity index (χ0n) is 28.8. The fourth-order valence-electron chi connectivity index (χ4n) is 5.47. The molecule has 0 heteroatoms. The van der Waals surface area contributed by atoms with Crippen molar-refractivity contribution in [1.82, 2.24) is 0 Å². The van der Waals surface area contributed by atoms with E-state index in [9.17, 15) is 0 Å². The van der Waals surface area contributed by atoms with Gasteiger partial charge in [-0.15, -0.1) is 0 Å². The number of allylic oxidation sites excluding steroid dienone is 8. The summed E-state index contributed by atoms with van der Waals surface area (Å²) < 4.78 is 0. The van der Waals surface area contributed by atoms with Crippen LogP contribution in [0.2, 0.25) is 0 Å². The molecule has 0 saturated heterocycles. The third-order valence-electron chi connectivity index (χ3n) is 8.09. The van der Waals surface area contributed by atoms with Gasteiger partial charge in [-0.05, 0) is 112 Å². The molecule has 254 valence electrons. The first-order chi connectivity index (χ1) is 23.2. The van der Waals surface area contributed by atoms with E-state index in [1.807, 2.05) is 62.4 Å². The summed E-state index contributed by atoms with van der Waals surface area (Å²) in [7, 11) is 0. The summed E-state index contributed by atoms with van der Waals surface area (Å²) in [5, 5.41) is 5.10. The first-order valence-corrected chi connectivity index (χ1v) is 16.3. The molecule has 0 aliphatic carbocycles. The predicted octanol–water partition coefficient (Wildman–Crippen LogP) is 15.6. The van der Waals surface area contributed by atoms with Gasteiger partial charge in [0.15, 0.2) is 0 Å². The van der Waals surface area contributed by atoms with Crippen LogP contribution in [0.4, 0.5) is 0 Å². The zero-order chi connectivity index (χ0) is 34.5. The minimum Gasteiger partial charge on any atom is -0.0991 e. The molecule has 0 N–H and O–H groups in total. The van der Waals surface area contributed by atoms with Crippen molar-refractivity contribution in [2.75, 3.05) is 0 Å². The van der Waals surface area contributed by atoms with Crippen LogP contribution >= 0.6 is 0 Å². The van der Waals surface area contributed by atoms with E-state index in [4.69, 9.17) is 0 Å². The molecule has 0 heterocycles. The lowest BCUT2D eigenvalue weighted by molar-refractivity contribution is 1.52. The molecule has 0 aliphatic heterocycles. The van der Waals surface area contributed by atoms with Crippen LogP contribution in [0.15, 0.2) is 184 Å². The zero-order valence-corrected chi connectivity index (χ0v) is 28.8. The summed E-state index contributed by atoms with van der Waals surface area (Å²) >= 11 is 0. The van der Waals surface area contributed by atoms with Gasteiger partial charge in [-0.25, -0.2) is 0 Å². The Kier molecular flexibility index (Phi) is 16.1. The largest absolute Gasteiger partial charge is 0.0991 e. The molecule has 0 aliphatic rings. The van der Waals surface area contributed by atoms with Crippen LogP contribution in [0.1, 0.15) is 64.8 Å². The molecule has 0 unspecified atom stereocenters. The van der Waals surface area contributed by atoms with Crippen molar-refractivity contribution >= 4 is 43.8 Å². The van der Waals surface area contributed by atoms with Crippen LogP contribution in [-0.4, -0.2) is 0 Å². The average Bonchev–Trinajstić information content (AvgIpc) is 3.12. The Labute approximate surface area is 302 Å². The molecule has 6 rings (SSSR count). The van der Waals surface area contributed by atoms with Crippen LogP contribution < -0.4 is 0 Å². The molecular weight excluding hydrogens is 601 g/mol. The monoisotopic (exact) mass is 654 g/mol. The van der Waals surface area contributed by atoms with Crippen molar-refractivity contribution in [2.45, 2.75) is 42.5 Å². The molecule has 0 nitrogen and oxygen atoms in total. The smallest absolute Gasteiger partial charge is 0.00986 e. The maximum atomic E-state index is 4.21. The van der Waals surface area contributed by atoms with Gasteiger partial charge in [0.2, 0.25) is 0 Å². The van der Waals surface area contributed by atoms with Crippen LogP contribution in [0.5, 0.6) is 0 Å². The van der Waals surface area contributed by atoms with Crippen LogP contribution in [-0.2, 0) is 0 Å². The Bertz CT molecular complexity index is 2050. The van der Waals surface area contributed by atoms with Gasteiger partial charge in [-0.1, -0.05) is 191 Å². The first-order valence-electron chi connectivity index (χ1n) is 16.3. The Morgan fingerprint density at radius 3 is 1.44 bits per heavy atom. The molecule has 0 bridgehead atoms. The summed E-state index contributed by atoms with van der Waals surface area (Å²) in [4.78, 5) is 0. The third-order valence-corrected chi connectivity index (χ3v) is 8.09. The summed E-state index contributed by atoms with van der Waals surface area (Å²) in [6, 6.07) is 46.7. The van der Waals surface area contributed by atoms with Crippen molar-refractivity contribution in [2.24, 2.45) is 0 Å². The number of benzene rings is 6. The second-order valence-electron chi connectivity index (χ2n) is 11.9. The van der Waals surface area contributed by atoms with Gasteiger partial charge in [0.1, 0.15) is 0 Å². The van der Waals surface area contributed by atoms with Crippen LogP contribution in [0.25, 0.3) is 55.0 Å². The van der Waals surface area contributed by atoms with Crippen LogP contribution in [0.3, 0.4) is 0 Å². The van der Waals surface area contributed by atoms with E-state index >= 15 is 0 Å². The van der Waals surface area contributed by atoms with Gasteiger partial charge < -0.3 is 0 Å². The van der Waals surface area contributed by atoms with Crippen molar-refractivity contribution in [3.8, 4) is 11.1 Å². The maximum absolute atomic E-state index is 4.21. The van der Waals surface area contributed by atoms with E-state index in [2.05, 4.69) is 149 Å². The molecule has 50 heavy (non-hydrogen) atoms. The molecular formula is C50H54. The van der Waals surface area contributed by atoms with E-state index in [0.29, 0.717) is 0 Å².